The first-order chi connectivity index (χ1) is 9.15. The van der Waals surface area contributed by atoms with Crippen molar-refractivity contribution in [3.05, 3.63) is 0 Å². The molecule has 2 bridgehead atoms. The minimum atomic E-state index is -0.118. The minimum absolute atomic E-state index is 0.0556. The van der Waals surface area contributed by atoms with Crippen LogP contribution in [0.2, 0.25) is 0 Å². The van der Waals surface area contributed by atoms with E-state index in [1.165, 1.54) is 20.0 Å². The normalized spacial score (nSPS) is 45.8. The first-order valence-electron chi connectivity index (χ1n) is 7.89. The molecular weight excluding hydrogens is 240 g/mol. The van der Waals surface area contributed by atoms with Crippen LogP contribution in [0.5, 0.6) is 0 Å². The predicted octanol–water partition coefficient (Wildman–Crippen LogP) is 3.03. The van der Waals surface area contributed by atoms with Crippen LogP contribution in [0.15, 0.2) is 0 Å². The zero-order valence-corrected chi connectivity index (χ0v) is 12.3. The van der Waals surface area contributed by atoms with Gasteiger partial charge in [0.1, 0.15) is 0 Å². The van der Waals surface area contributed by atoms with Crippen molar-refractivity contribution >= 4 is 5.97 Å². The van der Waals surface area contributed by atoms with Gasteiger partial charge in [-0.05, 0) is 55.8 Å². The monoisotopic (exact) mass is 266 g/mol. The van der Waals surface area contributed by atoms with Gasteiger partial charge in [-0.3, -0.25) is 4.79 Å². The highest BCUT2D eigenvalue weighted by Gasteiger charge is 2.64. The van der Waals surface area contributed by atoms with Gasteiger partial charge in [-0.25, -0.2) is 0 Å². The highest BCUT2D eigenvalue weighted by atomic mass is 16.6. The molecule has 0 radical (unpaired) electrons. The Morgan fingerprint density at radius 2 is 2.05 bits per heavy atom. The number of carbonyl (C=O) groups is 1. The second-order valence-corrected chi connectivity index (χ2v) is 6.78. The van der Waals surface area contributed by atoms with Gasteiger partial charge in [0.25, 0.3) is 0 Å². The summed E-state index contributed by atoms with van der Waals surface area (Å²) >= 11 is 0. The number of epoxide rings is 1. The van der Waals surface area contributed by atoms with Gasteiger partial charge < -0.3 is 9.47 Å². The molecule has 0 amide bonds. The maximum absolute atomic E-state index is 10.5. The van der Waals surface area contributed by atoms with Crippen LogP contribution < -0.4 is 0 Å². The summed E-state index contributed by atoms with van der Waals surface area (Å²) in [6.45, 7) is 3.81. The fraction of sp³-hybridized carbons (Fsp3) is 0.938. The quantitative estimate of drug-likeness (QED) is 0.569. The zero-order chi connectivity index (χ0) is 13.6. The number of esters is 1. The van der Waals surface area contributed by atoms with Gasteiger partial charge in [0, 0.05) is 0 Å². The molecule has 3 aliphatic carbocycles. The second-order valence-electron chi connectivity index (χ2n) is 6.78. The Kier molecular flexibility index (Phi) is 3.59. The maximum Gasteiger partial charge on any atom is 0.308 e. The van der Waals surface area contributed by atoms with Gasteiger partial charge in [-0.1, -0.05) is 13.8 Å². The molecule has 1 heterocycles. The summed E-state index contributed by atoms with van der Waals surface area (Å²) in [6.07, 6.45) is 8.39. The standard InChI is InChI=1S/C10H14O.C6H12O2/c1-2-6-3-5(1)7-4-8-10(11-8)9(6)7;1-4-5(2)6(7)8-3/h5-10H,1-4H2;5H,4H2,1-3H3. The Labute approximate surface area is 116 Å². The molecule has 0 aromatic carbocycles. The van der Waals surface area contributed by atoms with Crippen molar-refractivity contribution in [1.29, 1.82) is 0 Å². The van der Waals surface area contributed by atoms with Crippen molar-refractivity contribution in [2.24, 2.45) is 29.6 Å². The van der Waals surface area contributed by atoms with E-state index in [2.05, 4.69) is 4.74 Å². The highest BCUT2D eigenvalue weighted by Crippen LogP contribution is 2.64. The van der Waals surface area contributed by atoms with E-state index in [-0.39, 0.29) is 11.9 Å². The third-order valence-electron chi connectivity index (χ3n) is 5.88. The van der Waals surface area contributed by atoms with Crippen LogP contribution in [-0.2, 0) is 14.3 Å². The molecule has 108 valence electrons. The van der Waals surface area contributed by atoms with Crippen molar-refractivity contribution in [1.82, 2.24) is 0 Å². The molecule has 0 N–H and O–H groups in total. The topological polar surface area (TPSA) is 38.8 Å². The predicted molar refractivity (Wildman–Crippen MR) is 72.6 cm³/mol. The first-order valence-corrected chi connectivity index (χ1v) is 7.89. The molecule has 4 aliphatic rings. The molecule has 19 heavy (non-hydrogen) atoms. The SMILES string of the molecule is C1CC2CC1C1CC3OC3C21.CCC(C)C(=O)OC. The average Bonchev–Trinajstić information content (AvgIpc) is 2.86. The summed E-state index contributed by atoms with van der Waals surface area (Å²) in [5.74, 6) is 4.28. The molecule has 3 heteroatoms. The smallest absolute Gasteiger partial charge is 0.308 e. The van der Waals surface area contributed by atoms with E-state index in [0.29, 0.717) is 0 Å². The van der Waals surface area contributed by atoms with Gasteiger partial charge in [-0.2, -0.15) is 0 Å². The van der Waals surface area contributed by atoms with Gasteiger partial charge in [0.2, 0.25) is 0 Å². The van der Waals surface area contributed by atoms with E-state index < -0.39 is 0 Å². The number of hydrogen-bond acceptors (Lipinski definition) is 3. The van der Waals surface area contributed by atoms with E-state index in [0.717, 1.165) is 42.3 Å². The lowest BCUT2D eigenvalue weighted by molar-refractivity contribution is -0.144. The van der Waals surface area contributed by atoms with Crippen molar-refractivity contribution in [3.8, 4) is 0 Å². The van der Waals surface area contributed by atoms with Crippen molar-refractivity contribution < 1.29 is 14.3 Å². The van der Waals surface area contributed by atoms with Crippen LogP contribution in [0.3, 0.4) is 0 Å². The zero-order valence-electron chi connectivity index (χ0n) is 12.3. The summed E-state index contributed by atoms with van der Waals surface area (Å²) < 4.78 is 10.1. The number of fused-ring (bicyclic) bond motifs is 7. The third-order valence-corrected chi connectivity index (χ3v) is 5.88. The number of carbonyl (C=O) groups excluding carboxylic acids is 1. The van der Waals surface area contributed by atoms with Crippen LogP contribution in [0.25, 0.3) is 0 Å². The molecule has 7 unspecified atom stereocenters. The van der Waals surface area contributed by atoms with Crippen LogP contribution in [0, 0.1) is 29.6 Å². The summed E-state index contributed by atoms with van der Waals surface area (Å²) in [7, 11) is 1.41. The summed E-state index contributed by atoms with van der Waals surface area (Å²) in [4.78, 5) is 10.5. The lowest BCUT2D eigenvalue weighted by Gasteiger charge is -2.25. The fourth-order valence-electron chi connectivity index (χ4n) is 4.64. The Balaban J connectivity index is 0.000000125. The second kappa shape index (κ2) is 5.08. The van der Waals surface area contributed by atoms with E-state index in [9.17, 15) is 4.79 Å². The number of hydrogen-bond donors (Lipinski definition) is 0. The summed E-state index contributed by atoms with van der Waals surface area (Å²) in [6, 6.07) is 0. The lowest BCUT2D eigenvalue weighted by Crippen LogP contribution is -2.22. The maximum atomic E-state index is 10.5. The molecule has 3 saturated carbocycles. The number of rotatable bonds is 2. The molecule has 4 fully saturated rings. The van der Waals surface area contributed by atoms with Gasteiger partial charge in [-0.15, -0.1) is 0 Å². The largest absolute Gasteiger partial charge is 0.469 e. The molecule has 0 aromatic heterocycles. The van der Waals surface area contributed by atoms with E-state index >= 15 is 0 Å². The Morgan fingerprint density at radius 1 is 1.32 bits per heavy atom. The molecular formula is C16H26O3. The van der Waals surface area contributed by atoms with Crippen molar-refractivity contribution in [2.75, 3.05) is 7.11 Å². The minimum Gasteiger partial charge on any atom is -0.469 e. The van der Waals surface area contributed by atoms with Crippen LogP contribution in [0.1, 0.15) is 46.0 Å². The van der Waals surface area contributed by atoms with Crippen LogP contribution >= 0.6 is 0 Å². The van der Waals surface area contributed by atoms with E-state index in [4.69, 9.17) is 4.74 Å². The molecule has 3 nitrogen and oxygen atoms in total. The average molecular weight is 266 g/mol. The van der Waals surface area contributed by atoms with Crippen LogP contribution in [-0.4, -0.2) is 25.3 Å². The van der Waals surface area contributed by atoms with Gasteiger partial charge in [0.05, 0.1) is 25.2 Å². The molecule has 7 atom stereocenters. The molecule has 1 aliphatic heterocycles. The van der Waals surface area contributed by atoms with Crippen molar-refractivity contribution in [2.45, 2.75) is 58.2 Å². The number of methoxy groups -OCH3 is 1. The molecule has 0 spiro atoms. The molecule has 0 aromatic rings. The Morgan fingerprint density at radius 3 is 2.63 bits per heavy atom. The lowest BCUT2D eigenvalue weighted by atomic mass is 9.81. The van der Waals surface area contributed by atoms with Crippen LogP contribution in [0.4, 0.5) is 0 Å². The van der Waals surface area contributed by atoms with Gasteiger partial charge >= 0.3 is 5.97 Å². The third kappa shape index (κ3) is 2.31. The molecule has 1 saturated heterocycles. The number of ether oxygens (including phenoxy) is 2. The Hall–Kier alpha value is -0.570. The van der Waals surface area contributed by atoms with Gasteiger partial charge in [0.15, 0.2) is 0 Å². The first kappa shape index (κ1) is 13.4. The van der Waals surface area contributed by atoms with E-state index in [1.807, 2.05) is 13.8 Å². The fourth-order valence-corrected chi connectivity index (χ4v) is 4.64. The highest BCUT2D eigenvalue weighted by molar-refractivity contribution is 5.71. The van der Waals surface area contributed by atoms with E-state index in [1.54, 1.807) is 12.8 Å². The Bertz CT molecular complexity index is 354. The molecule has 4 rings (SSSR count). The summed E-state index contributed by atoms with van der Waals surface area (Å²) in [5, 5.41) is 0. The summed E-state index contributed by atoms with van der Waals surface area (Å²) in [5.41, 5.74) is 0. The van der Waals surface area contributed by atoms with Crippen molar-refractivity contribution in [3.63, 3.8) is 0 Å².